The average Bonchev–Trinajstić information content (AvgIpc) is 2.70. The second-order valence-electron chi connectivity index (χ2n) is 11.2. The van der Waals surface area contributed by atoms with E-state index in [1.54, 1.807) is 0 Å². The van der Waals surface area contributed by atoms with E-state index >= 15 is 0 Å². The number of carbonyl (C=O) groups is 2. The van der Waals surface area contributed by atoms with Crippen LogP contribution in [0.2, 0.25) is 0 Å². The van der Waals surface area contributed by atoms with Gasteiger partial charge >= 0.3 is 11.9 Å². The predicted octanol–water partition coefficient (Wildman–Crippen LogP) is 7.37. The fourth-order valence-electron chi connectivity index (χ4n) is 4.43. The fraction of sp³-hybridized carbons (Fsp3) is 0.929. The molecular formula is C28H56NO4+. The van der Waals surface area contributed by atoms with Crippen LogP contribution in [0, 0.1) is 5.92 Å². The van der Waals surface area contributed by atoms with E-state index in [2.05, 4.69) is 13.8 Å². The molecule has 0 amide bonds. The number of nitrogens with zero attached hydrogens (tertiary/aromatic N) is 1. The second kappa shape index (κ2) is 20.3. The first-order valence-electron chi connectivity index (χ1n) is 13.9. The van der Waals surface area contributed by atoms with Crippen LogP contribution in [-0.2, 0) is 14.3 Å². The number of likely N-dealkylation sites (N-methyl/N-ethyl adjacent to an activating group) is 1. The fourth-order valence-corrected chi connectivity index (χ4v) is 4.43. The lowest BCUT2D eigenvalue weighted by molar-refractivity contribution is -0.873. The van der Waals surface area contributed by atoms with Crippen LogP contribution < -0.4 is 0 Å². The molecule has 1 N–H and O–H groups in total. The minimum absolute atomic E-state index is 0.126. The van der Waals surface area contributed by atoms with Gasteiger partial charge in [-0.3, -0.25) is 9.59 Å². The first-order chi connectivity index (χ1) is 15.6. The predicted molar refractivity (Wildman–Crippen MR) is 138 cm³/mol. The summed E-state index contributed by atoms with van der Waals surface area (Å²) in [6.45, 7) is 5.21. The molecule has 196 valence electrons. The van der Waals surface area contributed by atoms with Crippen LogP contribution >= 0.6 is 0 Å². The lowest BCUT2D eigenvalue weighted by Crippen LogP contribution is -2.43. The third kappa shape index (κ3) is 23.8. The van der Waals surface area contributed by atoms with Crippen molar-refractivity contribution in [2.45, 2.75) is 136 Å². The number of carboxylic acid groups (broad SMARTS) is 1. The summed E-state index contributed by atoms with van der Waals surface area (Å²) in [6.07, 6.45) is 20.5. The maximum Gasteiger partial charge on any atom is 0.307 e. The normalized spacial score (nSPS) is 13.6. The number of carbonyl (C=O) groups excluding carboxylic acids is 1. The van der Waals surface area contributed by atoms with E-state index < -0.39 is 12.1 Å². The van der Waals surface area contributed by atoms with Gasteiger partial charge in [-0.15, -0.1) is 0 Å². The number of unbranched alkanes of at least 4 members (excludes halogenated alkanes) is 12. The molecule has 33 heavy (non-hydrogen) atoms. The molecule has 0 aliphatic rings. The lowest BCUT2D eigenvalue weighted by atomic mass is 9.96. The van der Waals surface area contributed by atoms with Crippen LogP contribution in [0.25, 0.3) is 0 Å². The zero-order chi connectivity index (χ0) is 25.0. The van der Waals surface area contributed by atoms with Crippen molar-refractivity contribution >= 4 is 11.9 Å². The number of esters is 1. The van der Waals surface area contributed by atoms with Gasteiger partial charge in [0.15, 0.2) is 6.10 Å². The molecule has 0 radical (unpaired) electrons. The van der Waals surface area contributed by atoms with E-state index in [1.165, 1.54) is 89.9 Å². The Morgan fingerprint density at radius 3 is 1.67 bits per heavy atom. The van der Waals surface area contributed by atoms with E-state index in [0.717, 1.165) is 18.8 Å². The number of carboxylic acids is 1. The van der Waals surface area contributed by atoms with E-state index in [1.807, 2.05) is 21.1 Å². The SMILES string of the molecule is CCCCCCCC(C)CCCCCCCCCCCC(=O)OC(CC(=O)O)C[N+](C)(C)C. The molecule has 0 aromatic rings. The van der Waals surface area contributed by atoms with Gasteiger partial charge in [-0.05, 0) is 12.3 Å². The number of quaternary nitrogens is 1. The highest BCUT2D eigenvalue weighted by atomic mass is 16.5. The van der Waals surface area contributed by atoms with Crippen molar-refractivity contribution in [3.8, 4) is 0 Å². The summed E-state index contributed by atoms with van der Waals surface area (Å²) < 4.78 is 6.01. The number of aliphatic carboxylic acids is 1. The Morgan fingerprint density at radius 2 is 1.21 bits per heavy atom. The van der Waals surface area contributed by atoms with Gasteiger partial charge in [0.2, 0.25) is 0 Å². The van der Waals surface area contributed by atoms with Crippen molar-refractivity contribution < 1.29 is 23.9 Å². The maximum atomic E-state index is 12.1. The first kappa shape index (κ1) is 31.9. The monoisotopic (exact) mass is 470 g/mol. The molecule has 0 aromatic carbocycles. The van der Waals surface area contributed by atoms with Crippen molar-refractivity contribution in [1.29, 1.82) is 0 Å². The van der Waals surface area contributed by atoms with Gasteiger partial charge in [0.1, 0.15) is 6.54 Å². The van der Waals surface area contributed by atoms with Gasteiger partial charge in [0.25, 0.3) is 0 Å². The largest absolute Gasteiger partial charge is 0.481 e. The Labute approximate surface area is 205 Å². The zero-order valence-corrected chi connectivity index (χ0v) is 22.7. The molecule has 2 unspecified atom stereocenters. The molecule has 0 rings (SSSR count). The molecular weight excluding hydrogens is 414 g/mol. The molecule has 0 saturated carbocycles. The van der Waals surface area contributed by atoms with Crippen molar-refractivity contribution in [3.05, 3.63) is 0 Å². The Balaban J connectivity index is 3.59. The van der Waals surface area contributed by atoms with Crippen LogP contribution in [0.1, 0.15) is 129 Å². The molecule has 0 aliphatic heterocycles. The van der Waals surface area contributed by atoms with Gasteiger partial charge in [0, 0.05) is 6.42 Å². The molecule has 0 aliphatic carbocycles. The highest BCUT2D eigenvalue weighted by molar-refractivity contribution is 5.71. The standard InChI is InChI=1S/C28H55NO4/c1-6-7-8-14-17-20-25(2)21-18-15-12-10-9-11-13-16-19-22-28(32)33-26(23-27(30)31)24-29(3,4)5/h25-26H,6-24H2,1-5H3/p+1. The topological polar surface area (TPSA) is 63.6 Å². The van der Waals surface area contributed by atoms with E-state index in [9.17, 15) is 9.59 Å². The average molecular weight is 471 g/mol. The highest BCUT2D eigenvalue weighted by Crippen LogP contribution is 2.18. The van der Waals surface area contributed by atoms with Gasteiger partial charge in [-0.25, -0.2) is 0 Å². The quantitative estimate of drug-likeness (QED) is 0.0962. The molecule has 0 aromatic heterocycles. The van der Waals surface area contributed by atoms with Crippen molar-refractivity contribution in [2.24, 2.45) is 5.92 Å². The first-order valence-corrected chi connectivity index (χ1v) is 13.9. The minimum atomic E-state index is -0.923. The van der Waals surface area contributed by atoms with Crippen LogP contribution in [0.15, 0.2) is 0 Å². The van der Waals surface area contributed by atoms with Gasteiger partial charge in [-0.2, -0.15) is 0 Å². The van der Waals surface area contributed by atoms with Crippen molar-refractivity contribution in [2.75, 3.05) is 27.7 Å². The van der Waals surface area contributed by atoms with Gasteiger partial charge in [-0.1, -0.05) is 110 Å². The van der Waals surface area contributed by atoms with E-state index in [0.29, 0.717) is 17.4 Å². The van der Waals surface area contributed by atoms with Crippen LogP contribution in [-0.4, -0.2) is 55.3 Å². The number of hydrogen-bond donors (Lipinski definition) is 1. The smallest absolute Gasteiger partial charge is 0.307 e. The third-order valence-electron chi connectivity index (χ3n) is 6.33. The number of ether oxygens (including phenoxy) is 1. The molecule has 0 heterocycles. The summed E-state index contributed by atoms with van der Waals surface area (Å²) in [4.78, 5) is 23.1. The molecule has 0 spiro atoms. The molecule has 5 heteroatoms. The van der Waals surface area contributed by atoms with E-state index in [4.69, 9.17) is 9.84 Å². The second-order valence-corrected chi connectivity index (χ2v) is 11.2. The van der Waals surface area contributed by atoms with Crippen LogP contribution in [0.3, 0.4) is 0 Å². The Bertz CT molecular complexity index is 487. The van der Waals surface area contributed by atoms with Crippen molar-refractivity contribution in [1.82, 2.24) is 0 Å². The summed E-state index contributed by atoms with van der Waals surface area (Å²) >= 11 is 0. The number of hydrogen-bond acceptors (Lipinski definition) is 3. The Morgan fingerprint density at radius 1 is 0.758 bits per heavy atom. The summed E-state index contributed by atoms with van der Waals surface area (Å²) in [7, 11) is 5.92. The highest BCUT2D eigenvalue weighted by Gasteiger charge is 2.24. The maximum absolute atomic E-state index is 12.1. The molecule has 5 nitrogen and oxygen atoms in total. The zero-order valence-electron chi connectivity index (χ0n) is 22.7. The van der Waals surface area contributed by atoms with E-state index in [-0.39, 0.29) is 12.4 Å². The molecule has 0 bridgehead atoms. The molecule has 0 saturated heterocycles. The van der Waals surface area contributed by atoms with Crippen molar-refractivity contribution in [3.63, 3.8) is 0 Å². The minimum Gasteiger partial charge on any atom is -0.481 e. The molecule has 2 atom stereocenters. The Kier molecular flexibility index (Phi) is 19.6. The molecule has 0 fully saturated rings. The van der Waals surface area contributed by atoms with Gasteiger partial charge in [0.05, 0.1) is 27.6 Å². The summed E-state index contributed by atoms with van der Waals surface area (Å²) in [6, 6.07) is 0. The third-order valence-corrected chi connectivity index (χ3v) is 6.33. The Hall–Kier alpha value is -1.10. The summed E-state index contributed by atoms with van der Waals surface area (Å²) in [5, 5.41) is 9.04. The lowest BCUT2D eigenvalue weighted by Gasteiger charge is -2.28. The summed E-state index contributed by atoms with van der Waals surface area (Å²) in [5.41, 5.74) is 0. The van der Waals surface area contributed by atoms with Crippen LogP contribution in [0.5, 0.6) is 0 Å². The van der Waals surface area contributed by atoms with Gasteiger partial charge < -0.3 is 14.3 Å². The summed E-state index contributed by atoms with van der Waals surface area (Å²) in [5.74, 6) is -0.288. The number of rotatable bonds is 23. The van der Waals surface area contributed by atoms with Crippen LogP contribution in [0.4, 0.5) is 0 Å².